The van der Waals surface area contributed by atoms with Gasteiger partial charge in [0.15, 0.2) is 0 Å². The summed E-state index contributed by atoms with van der Waals surface area (Å²) < 4.78 is 6.80. The monoisotopic (exact) mass is 366 g/mol. The lowest BCUT2D eigenvalue weighted by Crippen LogP contribution is -2.63. The van der Waals surface area contributed by atoms with E-state index in [9.17, 15) is 5.11 Å². The molecule has 0 saturated heterocycles. The SMILES string of the molecule is CCC#CC[C@@H](CO)O[Si](CC(C)C)(c1ccccc1)c1ccccc1. The van der Waals surface area contributed by atoms with Gasteiger partial charge in [-0.05, 0) is 22.3 Å². The molecule has 26 heavy (non-hydrogen) atoms. The molecule has 0 aromatic heterocycles. The van der Waals surface area contributed by atoms with E-state index in [4.69, 9.17) is 4.43 Å². The second-order valence-corrected chi connectivity index (χ2v) is 10.4. The third kappa shape index (κ3) is 5.31. The first-order valence-electron chi connectivity index (χ1n) is 9.47. The van der Waals surface area contributed by atoms with Crippen LogP contribution in [0.2, 0.25) is 6.04 Å². The molecule has 0 heterocycles. The third-order valence-electron chi connectivity index (χ3n) is 4.38. The van der Waals surface area contributed by atoms with Crippen molar-refractivity contribution >= 4 is 18.7 Å². The fourth-order valence-corrected chi connectivity index (χ4v) is 7.83. The van der Waals surface area contributed by atoms with Gasteiger partial charge in [0.25, 0.3) is 8.32 Å². The Kier molecular flexibility index (Phi) is 8.12. The largest absolute Gasteiger partial charge is 0.402 e. The van der Waals surface area contributed by atoms with Crippen molar-refractivity contribution in [1.29, 1.82) is 0 Å². The topological polar surface area (TPSA) is 29.5 Å². The molecule has 0 aliphatic carbocycles. The molecule has 138 valence electrons. The van der Waals surface area contributed by atoms with Crippen molar-refractivity contribution in [1.82, 2.24) is 0 Å². The lowest BCUT2D eigenvalue weighted by atomic mass is 10.3. The Bertz CT molecular complexity index is 662. The number of rotatable bonds is 8. The molecule has 1 N–H and O–H groups in total. The van der Waals surface area contributed by atoms with Gasteiger partial charge in [0.2, 0.25) is 0 Å². The van der Waals surface area contributed by atoms with Crippen molar-refractivity contribution in [2.24, 2.45) is 5.92 Å². The Hall–Kier alpha value is -1.86. The molecule has 2 rings (SSSR count). The molecular formula is C23H30O2Si. The minimum atomic E-state index is -2.48. The maximum atomic E-state index is 9.95. The van der Waals surface area contributed by atoms with E-state index < -0.39 is 8.32 Å². The zero-order chi connectivity index (χ0) is 18.8. The summed E-state index contributed by atoms with van der Waals surface area (Å²) in [6.07, 6.45) is 1.13. The molecule has 0 amide bonds. The number of benzene rings is 2. The van der Waals surface area contributed by atoms with Gasteiger partial charge < -0.3 is 9.53 Å². The van der Waals surface area contributed by atoms with Crippen molar-refractivity contribution in [3.8, 4) is 11.8 Å². The molecule has 0 radical (unpaired) electrons. The normalized spacial score (nSPS) is 12.5. The van der Waals surface area contributed by atoms with E-state index >= 15 is 0 Å². The zero-order valence-electron chi connectivity index (χ0n) is 16.1. The van der Waals surface area contributed by atoms with Gasteiger partial charge >= 0.3 is 0 Å². The molecule has 0 unspecified atom stereocenters. The van der Waals surface area contributed by atoms with Crippen molar-refractivity contribution in [2.75, 3.05) is 6.61 Å². The van der Waals surface area contributed by atoms with E-state index in [2.05, 4.69) is 74.2 Å². The van der Waals surface area contributed by atoms with Gasteiger partial charge in [-0.3, -0.25) is 0 Å². The highest BCUT2D eigenvalue weighted by Crippen LogP contribution is 2.22. The van der Waals surface area contributed by atoms with Gasteiger partial charge in [-0.15, -0.1) is 11.8 Å². The molecule has 2 aromatic carbocycles. The standard InChI is InChI=1S/C23H30O2Si/c1-4-5-8-13-21(18-24)25-26(19-20(2)3,22-14-9-6-10-15-22)23-16-11-7-12-17-23/h6-7,9-12,14-17,20-21,24H,4,13,18-19H2,1-3H3/t21-/m0/s1. The highest BCUT2D eigenvalue weighted by atomic mass is 28.4. The average Bonchev–Trinajstić information content (AvgIpc) is 2.67. The Morgan fingerprint density at radius 1 is 0.923 bits per heavy atom. The van der Waals surface area contributed by atoms with Crippen LogP contribution in [0.15, 0.2) is 60.7 Å². The molecule has 3 heteroatoms. The molecule has 0 saturated carbocycles. The van der Waals surface area contributed by atoms with Gasteiger partial charge in [-0.1, -0.05) is 81.4 Å². The van der Waals surface area contributed by atoms with Crippen LogP contribution >= 0.6 is 0 Å². The summed E-state index contributed by atoms with van der Waals surface area (Å²) >= 11 is 0. The summed E-state index contributed by atoms with van der Waals surface area (Å²) in [5.41, 5.74) is 0. The minimum absolute atomic E-state index is 0.00902. The number of hydrogen-bond donors (Lipinski definition) is 1. The maximum absolute atomic E-state index is 9.95. The molecule has 0 spiro atoms. The lowest BCUT2D eigenvalue weighted by Gasteiger charge is -2.36. The Morgan fingerprint density at radius 2 is 1.46 bits per heavy atom. The van der Waals surface area contributed by atoms with Crippen LogP contribution in [0.5, 0.6) is 0 Å². The second kappa shape index (κ2) is 10.3. The first-order chi connectivity index (χ1) is 12.6. The van der Waals surface area contributed by atoms with Gasteiger partial charge in [-0.25, -0.2) is 0 Å². The number of aliphatic hydroxyl groups is 1. The summed E-state index contributed by atoms with van der Waals surface area (Å²) in [5, 5.41) is 12.4. The maximum Gasteiger partial charge on any atom is 0.256 e. The lowest BCUT2D eigenvalue weighted by molar-refractivity contribution is 0.115. The van der Waals surface area contributed by atoms with Crippen molar-refractivity contribution in [3.63, 3.8) is 0 Å². The predicted octanol–water partition coefficient (Wildman–Crippen LogP) is 3.58. The highest BCUT2D eigenvalue weighted by Gasteiger charge is 2.41. The van der Waals surface area contributed by atoms with E-state index in [1.807, 2.05) is 19.1 Å². The minimum Gasteiger partial charge on any atom is -0.402 e. The molecule has 2 aromatic rings. The van der Waals surface area contributed by atoms with Crippen LogP contribution in [0.4, 0.5) is 0 Å². The highest BCUT2D eigenvalue weighted by molar-refractivity contribution is 6.97. The number of aliphatic hydroxyl groups excluding tert-OH is 1. The Balaban J connectivity index is 2.51. The fourth-order valence-electron chi connectivity index (χ4n) is 3.32. The summed E-state index contributed by atoms with van der Waals surface area (Å²) in [5.74, 6) is 6.73. The zero-order valence-corrected chi connectivity index (χ0v) is 17.1. The molecule has 1 atom stereocenters. The predicted molar refractivity (Wildman–Crippen MR) is 112 cm³/mol. The van der Waals surface area contributed by atoms with Gasteiger partial charge in [0.1, 0.15) is 0 Å². The van der Waals surface area contributed by atoms with Crippen LogP contribution in [0.1, 0.15) is 33.6 Å². The van der Waals surface area contributed by atoms with Gasteiger partial charge in [0, 0.05) is 12.8 Å². The quantitative estimate of drug-likeness (QED) is 0.571. The van der Waals surface area contributed by atoms with Crippen LogP contribution in [-0.2, 0) is 4.43 Å². The van der Waals surface area contributed by atoms with E-state index in [-0.39, 0.29) is 12.7 Å². The van der Waals surface area contributed by atoms with E-state index in [0.29, 0.717) is 12.3 Å². The second-order valence-electron chi connectivity index (χ2n) is 6.99. The van der Waals surface area contributed by atoms with Crippen LogP contribution in [0.25, 0.3) is 0 Å². The van der Waals surface area contributed by atoms with E-state index in [1.165, 1.54) is 10.4 Å². The van der Waals surface area contributed by atoms with Crippen molar-refractivity contribution in [3.05, 3.63) is 60.7 Å². The molecule has 0 fully saturated rings. The summed E-state index contributed by atoms with van der Waals surface area (Å²) in [7, 11) is -2.48. The van der Waals surface area contributed by atoms with Crippen LogP contribution in [0.3, 0.4) is 0 Å². The van der Waals surface area contributed by atoms with Crippen molar-refractivity contribution < 1.29 is 9.53 Å². The first kappa shape index (κ1) is 20.4. The average molecular weight is 367 g/mol. The van der Waals surface area contributed by atoms with Gasteiger partial charge in [-0.2, -0.15) is 0 Å². The Labute approximate surface area is 159 Å². The van der Waals surface area contributed by atoms with Crippen LogP contribution in [0, 0.1) is 17.8 Å². The molecule has 0 aliphatic heterocycles. The third-order valence-corrected chi connectivity index (χ3v) is 9.04. The fraction of sp³-hybridized carbons (Fsp3) is 0.391. The van der Waals surface area contributed by atoms with E-state index in [0.717, 1.165) is 12.5 Å². The summed E-state index contributed by atoms with van der Waals surface area (Å²) in [4.78, 5) is 0. The summed E-state index contributed by atoms with van der Waals surface area (Å²) in [6.45, 7) is 6.50. The van der Waals surface area contributed by atoms with Crippen LogP contribution in [-0.4, -0.2) is 26.1 Å². The molecule has 2 nitrogen and oxygen atoms in total. The van der Waals surface area contributed by atoms with Crippen LogP contribution < -0.4 is 10.4 Å². The summed E-state index contributed by atoms with van der Waals surface area (Å²) in [6, 6.07) is 22.1. The molecule has 0 bridgehead atoms. The smallest absolute Gasteiger partial charge is 0.256 e. The van der Waals surface area contributed by atoms with E-state index in [1.54, 1.807) is 0 Å². The molecular weight excluding hydrogens is 336 g/mol. The molecule has 0 aliphatic rings. The van der Waals surface area contributed by atoms with Gasteiger partial charge in [0.05, 0.1) is 12.7 Å². The van der Waals surface area contributed by atoms with Crippen molar-refractivity contribution in [2.45, 2.75) is 45.8 Å². The number of hydrogen-bond acceptors (Lipinski definition) is 2. The Morgan fingerprint density at radius 3 is 1.88 bits per heavy atom. The first-order valence-corrected chi connectivity index (χ1v) is 11.6.